The van der Waals surface area contributed by atoms with Gasteiger partial charge in [-0.15, -0.1) is 0 Å². The van der Waals surface area contributed by atoms with Gasteiger partial charge in [-0.2, -0.15) is 0 Å². The van der Waals surface area contributed by atoms with Crippen LogP contribution < -0.4 is 15.1 Å². The van der Waals surface area contributed by atoms with Crippen molar-refractivity contribution in [3.8, 4) is 0 Å². The highest BCUT2D eigenvalue weighted by Crippen LogP contribution is 2.56. The summed E-state index contributed by atoms with van der Waals surface area (Å²) in [6, 6.07) is 20.0. The molecule has 6 rings (SSSR count). The number of ether oxygens (including phenoxy) is 1. The van der Waals surface area contributed by atoms with Crippen molar-refractivity contribution >= 4 is 45.8 Å². The van der Waals surface area contributed by atoms with Crippen LogP contribution in [-0.4, -0.2) is 42.9 Å². The van der Waals surface area contributed by atoms with Crippen LogP contribution in [0.5, 0.6) is 0 Å². The van der Waals surface area contributed by atoms with E-state index < -0.39 is 41.2 Å². The minimum Gasteiger partial charge on any atom is -0.465 e. The highest BCUT2D eigenvalue weighted by atomic mass is 16.5. The Bertz CT molecular complexity index is 1510. The second-order valence-corrected chi connectivity index (χ2v) is 10.9. The van der Waals surface area contributed by atoms with Crippen LogP contribution in [0.15, 0.2) is 66.7 Å². The lowest BCUT2D eigenvalue weighted by Gasteiger charge is -2.31. The summed E-state index contributed by atoms with van der Waals surface area (Å²) < 4.78 is 5.15. The van der Waals surface area contributed by atoms with Crippen LogP contribution in [-0.2, 0) is 29.5 Å². The lowest BCUT2D eigenvalue weighted by atomic mass is 9.76. The Balaban J connectivity index is 1.51. The van der Waals surface area contributed by atoms with E-state index >= 15 is 0 Å². The summed E-state index contributed by atoms with van der Waals surface area (Å²) in [6.07, 6.45) is 0.610. The molecule has 3 amide bonds. The van der Waals surface area contributed by atoms with Crippen molar-refractivity contribution in [1.82, 2.24) is 5.32 Å². The number of hydrogen-bond donors (Lipinski definition) is 1. The smallest absolute Gasteiger partial charge is 0.326 e. The minimum absolute atomic E-state index is 0.194. The number of nitrogens with one attached hydrogen (secondary N) is 1. The van der Waals surface area contributed by atoms with Gasteiger partial charge in [-0.05, 0) is 36.8 Å². The molecule has 3 heterocycles. The second kappa shape index (κ2) is 9.31. The predicted octanol–water partition coefficient (Wildman–Crippen LogP) is 3.77. The summed E-state index contributed by atoms with van der Waals surface area (Å²) >= 11 is 0. The van der Waals surface area contributed by atoms with Gasteiger partial charge in [0.05, 0.1) is 24.1 Å². The van der Waals surface area contributed by atoms with Crippen molar-refractivity contribution in [2.75, 3.05) is 23.0 Å². The van der Waals surface area contributed by atoms with Crippen molar-refractivity contribution < 1.29 is 23.9 Å². The number of esters is 1. The van der Waals surface area contributed by atoms with Crippen LogP contribution in [0, 0.1) is 17.8 Å². The molecule has 0 aliphatic carbocycles. The highest BCUT2D eigenvalue weighted by molar-refractivity contribution is 6.28. The van der Waals surface area contributed by atoms with E-state index in [1.54, 1.807) is 25.1 Å². The normalized spacial score (nSPS) is 25.7. The Morgan fingerprint density at radius 1 is 0.949 bits per heavy atom. The Labute approximate surface area is 226 Å². The summed E-state index contributed by atoms with van der Waals surface area (Å²) in [6.45, 7) is 5.75. The van der Waals surface area contributed by atoms with Gasteiger partial charge in [-0.3, -0.25) is 29.4 Å². The molecule has 3 aliphatic heterocycles. The maximum absolute atomic E-state index is 14.4. The quantitative estimate of drug-likeness (QED) is 0.389. The average molecular weight is 526 g/mol. The van der Waals surface area contributed by atoms with Crippen LogP contribution >= 0.6 is 0 Å². The second-order valence-electron chi connectivity index (χ2n) is 10.9. The SMILES string of the molecule is CCOC(=O)CN1C(=O)[C@]2(N[C@@H](CC(C)C)[C@H]3C(=O)N(c4cccc5ccccc45)C(=O)[C@H]32)c2ccccc21. The molecule has 3 aromatic rings. The van der Waals surface area contributed by atoms with Crippen molar-refractivity contribution in [2.45, 2.75) is 38.8 Å². The first-order valence-corrected chi connectivity index (χ1v) is 13.5. The van der Waals surface area contributed by atoms with Gasteiger partial charge in [0.2, 0.25) is 11.8 Å². The van der Waals surface area contributed by atoms with Gasteiger partial charge < -0.3 is 4.74 Å². The Morgan fingerprint density at radius 2 is 1.64 bits per heavy atom. The standard InChI is InChI=1S/C31H31N3O5/c1-4-39-25(35)17-33-24-14-8-7-13-21(24)31(30(33)38)27-26(22(32-31)16-18(2)3)28(36)34(29(27)37)23-15-9-11-19-10-5-6-12-20(19)23/h5-15,18,22,26-27,32H,4,16-17H2,1-3H3/t22-,26+,27-,31-/m0/s1. The fourth-order valence-electron chi connectivity index (χ4n) is 6.79. The van der Waals surface area contributed by atoms with Gasteiger partial charge in [-0.1, -0.05) is 68.4 Å². The number of hydrogen-bond acceptors (Lipinski definition) is 6. The molecule has 39 heavy (non-hydrogen) atoms. The van der Waals surface area contributed by atoms with Gasteiger partial charge >= 0.3 is 5.97 Å². The van der Waals surface area contributed by atoms with E-state index in [-0.39, 0.29) is 25.0 Å². The van der Waals surface area contributed by atoms with Gasteiger partial charge in [0.1, 0.15) is 12.1 Å². The highest BCUT2D eigenvalue weighted by Gasteiger charge is 2.71. The molecule has 0 saturated carbocycles. The van der Waals surface area contributed by atoms with Crippen molar-refractivity contribution in [3.05, 3.63) is 72.3 Å². The topological polar surface area (TPSA) is 96.0 Å². The zero-order valence-corrected chi connectivity index (χ0v) is 22.2. The number of fused-ring (bicyclic) bond motifs is 5. The number of carbonyl (C=O) groups excluding carboxylic acids is 4. The van der Waals surface area contributed by atoms with Gasteiger partial charge in [0.15, 0.2) is 0 Å². The fourth-order valence-corrected chi connectivity index (χ4v) is 6.79. The molecule has 1 N–H and O–H groups in total. The zero-order chi connectivity index (χ0) is 27.5. The number of nitrogens with zero attached hydrogens (tertiary/aromatic N) is 2. The maximum Gasteiger partial charge on any atom is 0.326 e. The van der Waals surface area contributed by atoms with E-state index in [1.165, 1.54) is 9.80 Å². The number of imide groups is 1. The van der Waals surface area contributed by atoms with E-state index in [4.69, 9.17) is 4.74 Å². The van der Waals surface area contributed by atoms with Crippen LogP contribution in [0.3, 0.4) is 0 Å². The van der Waals surface area contributed by atoms with Gasteiger partial charge in [0.25, 0.3) is 5.91 Å². The monoisotopic (exact) mass is 525 g/mol. The van der Waals surface area contributed by atoms with Crippen LogP contribution in [0.25, 0.3) is 10.8 Å². The number of rotatable bonds is 6. The molecule has 3 aliphatic rings. The molecule has 200 valence electrons. The summed E-state index contributed by atoms with van der Waals surface area (Å²) in [4.78, 5) is 58.2. The predicted molar refractivity (Wildman–Crippen MR) is 147 cm³/mol. The Morgan fingerprint density at radius 3 is 2.41 bits per heavy atom. The van der Waals surface area contributed by atoms with Gasteiger partial charge in [0, 0.05) is 22.7 Å². The number of benzene rings is 3. The largest absolute Gasteiger partial charge is 0.465 e. The van der Waals surface area contributed by atoms with Crippen molar-refractivity contribution in [1.29, 1.82) is 0 Å². The first kappa shape index (κ1) is 25.2. The van der Waals surface area contributed by atoms with E-state index in [2.05, 4.69) is 19.2 Å². The Hall–Kier alpha value is -4.04. The molecule has 4 atom stereocenters. The summed E-state index contributed by atoms with van der Waals surface area (Å²) in [5, 5.41) is 5.22. The molecule has 2 fully saturated rings. The molecular weight excluding hydrogens is 494 g/mol. The van der Waals surface area contributed by atoms with Crippen LogP contribution in [0.4, 0.5) is 11.4 Å². The molecule has 1 spiro atoms. The fraction of sp³-hybridized carbons (Fsp3) is 0.355. The first-order valence-electron chi connectivity index (χ1n) is 13.5. The lowest BCUT2D eigenvalue weighted by molar-refractivity contribution is -0.142. The molecule has 2 saturated heterocycles. The Kier molecular flexibility index (Phi) is 6.03. The maximum atomic E-state index is 14.4. The molecule has 8 nitrogen and oxygen atoms in total. The van der Waals surface area contributed by atoms with Gasteiger partial charge in [-0.25, -0.2) is 4.90 Å². The number of amides is 3. The van der Waals surface area contributed by atoms with Crippen molar-refractivity contribution in [2.24, 2.45) is 17.8 Å². The lowest BCUT2D eigenvalue weighted by Crippen LogP contribution is -2.55. The zero-order valence-electron chi connectivity index (χ0n) is 22.2. The molecule has 8 heteroatoms. The molecular formula is C31H31N3O5. The minimum atomic E-state index is -1.46. The van der Waals surface area contributed by atoms with E-state index in [0.717, 1.165) is 10.8 Å². The number of para-hydroxylation sites is 1. The van der Waals surface area contributed by atoms with E-state index in [9.17, 15) is 19.2 Å². The average Bonchev–Trinajstić information content (AvgIpc) is 3.47. The third-order valence-corrected chi connectivity index (χ3v) is 8.19. The van der Waals surface area contributed by atoms with Crippen LogP contribution in [0.1, 0.15) is 32.8 Å². The third kappa shape index (κ3) is 3.61. The van der Waals surface area contributed by atoms with E-state index in [0.29, 0.717) is 23.4 Å². The molecule has 0 unspecified atom stereocenters. The number of anilines is 2. The molecule has 0 radical (unpaired) electrons. The number of carbonyl (C=O) groups is 4. The molecule has 3 aromatic carbocycles. The molecule has 0 aromatic heterocycles. The van der Waals surface area contributed by atoms with Crippen LogP contribution in [0.2, 0.25) is 0 Å². The first-order chi connectivity index (χ1) is 18.8. The third-order valence-electron chi connectivity index (χ3n) is 8.19. The molecule has 0 bridgehead atoms. The van der Waals surface area contributed by atoms with Crippen molar-refractivity contribution in [3.63, 3.8) is 0 Å². The summed E-state index contributed by atoms with van der Waals surface area (Å²) in [5.74, 6) is -3.09. The van der Waals surface area contributed by atoms with E-state index in [1.807, 2.05) is 48.5 Å². The summed E-state index contributed by atoms with van der Waals surface area (Å²) in [7, 11) is 0. The summed E-state index contributed by atoms with van der Waals surface area (Å²) in [5.41, 5.74) is 0.231.